The molecule has 1 N–H and O–H groups in total. The molecular weight excluding hydrogens is 316 g/mol. The molecule has 1 aliphatic rings. The van der Waals surface area contributed by atoms with Crippen LogP contribution in [0.2, 0.25) is 0 Å². The molecule has 2 aromatic rings. The van der Waals surface area contributed by atoms with E-state index < -0.39 is 0 Å². The number of aromatic nitrogens is 4. The van der Waals surface area contributed by atoms with E-state index in [0.29, 0.717) is 18.6 Å². The van der Waals surface area contributed by atoms with Crippen LogP contribution in [-0.2, 0) is 11.2 Å². The fourth-order valence-electron chi connectivity index (χ4n) is 3.10. The van der Waals surface area contributed by atoms with Crippen LogP contribution in [0.4, 0.5) is 0 Å². The molecular formula is C15H23ClN6O. The lowest BCUT2D eigenvalue weighted by molar-refractivity contribution is -0.133. The van der Waals surface area contributed by atoms with E-state index in [2.05, 4.69) is 27.3 Å². The Labute approximate surface area is 141 Å². The Morgan fingerprint density at radius 3 is 2.96 bits per heavy atom. The predicted molar refractivity (Wildman–Crippen MR) is 89.9 cm³/mol. The standard InChI is InChI=1S/C15H22N6O.ClH/c1-10-8-16-6-7-20(10)14(22)5-4-13-11(2)19-15-17-9-18-21(15)12(13)3;/h9-10,16H,4-8H2,1-3H3;1H/t10-;/m0./s1. The molecule has 0 unspecified atom stereocenters. The van der Waals surface area contributed by atoms with Crippen LogP contribution < -0.4 is 5.32 Å². The summed E-state index contributed by atoms with van der Waals surface area (Å²) in [5, 5.41) is 7.49. The number of nitrogens with zero attached hydrogens (tertiary/aromatic N) is 5. The SMILES string of the molecule is Cc1nc2ncnn2c(C)c1CCC(=O)N1CCNC[C@@H]1C.Cl. The molecule has 1 saturated heterocycles. The molecule has 1 fully saturated rings. The van der Waals surface area contributed by atoms with Crippen LogP contribution in [0.15, 0.2) is 6.33 Å². The van der Waals surface area contributed by atoms with Crippen molar-refractivity contribution in [2.45, 2.75) is 39.7 Å². The summed E-state index contributed by atoms with van der Waals surface area (Å²) in [7, 11) is 0. The van der Waals surface area contributed by atoms with Crippen molar-refractivity contribution in [1.82, 2.24) is 29.8 Å². The third kappa shape index (κ3) is 3.45. The van der Waals surface area contributed by atoms with Crippen molar-refractivity contribution in [2.24, 2.45) is 0 Å². The largest absolute Gasteiger partial charge is 0.337 e. The summed E-state index contributed by atoms with van der Waals surface area (Å²) in [4.78, 5) is 23.0. The summed E-state index contributed by atoms with van der Waals surface area (Å²) in [5.74, 6) is 0.826. The van der Waals surface area contributed by atoms with Gasteiger partial charge in [0.15, 0.2) is 0 Å². The van der Waals surface area contributed by atoms with E-state index in [-0.39, 0.29) is 24.4 Å². The Kier molecular flexibility index (Phi) is 5.54. The lowest BCUT2D eigenvalue weighted by Crippen LogP contribution is -2.52. The highest BCUT2D eigenvalue weighted by molar-refractivity contribution is 5.85. The van der Waals surface area contributed by atoms with Crippen LogP contribution in [0.25, 0.3) is 5.78 Å². The zero-order valence-corrected chi connectivity index (χ0v) is 14.6. The lowest BCUT2D eigenvalue weighted by Gasteiger charge is -2.34. The van der Waals surface area contributed by atoms with Crippen molar-refractivity contribution in [3.63, 3.8) is 0 Å². The maximum atomic E-state index is 12.5. The van der Waals surface area contributed by atoms with E-state index in [9.17, 15) is 4.79 Å². The van der Waals surface area contributed by atoms with E-state index in [1.54, 1.807) is 4.52 Å². The van der Waals surface area contributed by atoms with Gasteiger partial charge in [0.05, 0.1) is 0 Å². The van der Waals surface area contributed by atoms with E-state index in [1.807, 2.05) is 18.7 Å². The van der Waals surface area contributed by atoms with Gasteiger partial charge in [0.1, 0.15) is 6.33 Å². The van der Waals surface area contributed by atoms with Crippen LogP contribution in [0, 0.1) is 13.8 Å². The Bertz CT molecular complexity index is 701. The van der Waals surface area contributed by atoms with Gasteiger partial charge in [0.25, 0.3) is 5.78 Å². The topological polar surface area (TPSA) is 75.4 Å². The summed E-state index contributed by atoms with van der Waals surface area (Å²) in [6, 6.07) is 0.263. The van der Waals surface area contributed by atoms with Gasteiger partial charge >= 0.3 is 0 Å². The molecule has 0 spiro atoms. The molecule has 3 heterocycles. The molecule has 0 bridgehead atoms. The molecule has 0 aromatic carbocycles. The molecule has 1 aliphatic heterocycles. The number of aryl methyl sites for hydroxylation is 2. The molecule has 3 rings (SSSR count). The lowest BCUT2D eigenvalue weighted by atomic mass is 10.1. The number of amides is 1. The van der Waals surface area contributed by atoms with Crippen LogP contribution >= 0.6 is 12.4 Å². The minimum Gasteiger partial charge on any atom is -0.337 e. The number of rotatable bonds is 3. The second kappa shape index (κ2) is 7.23. The molecule has 2 aromatic heterocycles. The van der Waals surface area contributed by atoms with Crippen molar-refractivity contribution in [1.29, 1.82) is 0 Å². The highest BCUT2D eigenvalue weighted by atomic mass is 35.5. The monoisotopic (exact) mass is 338 g/mol. The number of nitrogens with one attached hydrogen (secondary N) is 1. The van der Waals surface area contributed by atoms with Crippen molar-refractivity contribution in [3.05, 3.63) is 23.3 Å². The maximum Gasteiger partial charge on any atom is 0.252 e. The van der Waals surface area contributed by atoms with Crippen molar-refractivity contribution < 1.29 is 4.79 Å². The summed E-state index contributed by atoms with van der Waals surface area (Å²) >= 11 is 0. The third-order valence-electron chi connectivity index (χ3n) is 4.40. The number of carbonyl (C=O) groups is 1. The summed E-state index contributed by atoms with van der Waals surface area (Å²) in [5.41, 5.74) is 3.04. The highest BCUT2D eigenvalue weighted by Crippen LogP contribution is 2.16. The zero-order valence-electron chi connectivity index (χ0n) is 13.7. The predicted octanol–water partition coefficient (Wildman–Crippen LogP) is 0.916. The first-order valence-electron chi connectivity index (χ1n) is 7.74. The Morgan fingerprint density at radius 1 is 1.43 bits per heavy atom. The minimum absolute atomic E-state index is 0. The number of carbonyl (C=O) groups excluding carboxylic acids is 1. The van der Waals surface area contributed by atoms with Gasteiger partial charge in [-0.1, -0.05) is 0 Å². The second-order valence-electron chi connectivity index (χ2n) is 5.87. The van der Waals surface area contributed by atoms with Crippen molar-refractivity contribution in [3.8, 4) is 0 Å². The quantitative estimate of drug-likeness (QED) is 0.900. The van der Waals surface area contributed by atoms with Gasteiger partial charge < -0.3 is 10.2 Å². The molecule has 126 valence electrons. The summed E-state index contributed by atoms with van der Waals surface area (Å²) in [6.45, 7) is 8.59. The van der Waals surface area contributed by atoms with E-state index >= 15 is 0 Å². The summed E-state index contributed by atoms with van der Waals surface area (Å²) < 4.78 is 1.74. The van der Waals surface area contributed by atoms with E-state index in [4.69, 9.17) is 0 Å². The fraction of sp³-hybridized carbons (Fsp3) is 0.600. The van der Waals surface area contributed by atoms with E-state index in [1.165, 1.54) is 6.33 Å². The number of hydrogen-bond acceptors (Lipinski definition) is 5. The number of hydrogen-bond donors (Lipinski definition) is 1. The molecule has 1 atom stereocenters. The Balaban J connectivity index is 0.00000192. The minimum atomic E-state index is 0. The van der Waals surface area contributed by atoms with Gasteiger partial charge in [0, 0.05) is 43.5 Å². The van der Waals surface area contributed by atoms with Gasteiger partial charge in [-0.15, -0.1) is 12.4 Å². The molecule has 0 radical (unpaired) electrons. The second-order valence-corrected chi connectivity index (χ2v) is 5.87. The number of fused-ring (bicyclic) bond motifs is 1. The van der Waals surface area contributed by atoms with Crippen LogP contribution in [0.5, 0.6) is 0 Å². The average molecular weight is 339 g/mol. The van der Waals surface area contributed by atoms with Crippen molar-refractivity contribution in [2.75, 3.05) is 19.6 Å². The smallest absolute Gasteiger partial charge is 0.252 e. The first-order chi connectivity index (χ1) is 10.6. The first kappa shape index (κ1) is 17.6. The highest BCUT2D eigenvalue weighted by Gasteiger charge is 2.23. The molecule has 8 heteroatoms. The summed E-state index contributed by atoms with van der Waals surface area (Å²) in [6.07, 6.45) is 2.70. The van der Waals surface area contributed by atoms with Gasteiger partial charge in [-0.2, -0.15) is 10.1 Å². The van der Waals surface area contributed by atoms with Crippen molar-refractivity contribution >= 4 is 24.1 Å². The van der Waals surface area contributed by atoms with Crippen LogP contribution in [-0.4, -0.2) is 56.1 Å². The van der Waals surface area contributed by atoms with Gasteiger partial charge in [-0.25, -0.2) is 9.50 Å². The fourth-order valence-corrected chi connectivity index (χ4v) is 3.10. The Hall–Kier alpha value is -1.73. The number of piperazine rings is 1. The van der Waals surface area contributed by atoms with Gasteiger partial charge in [0.2, 0.25) is 5.91 Å². The maximum absolute atomic E-state index is 12.5. The van der Waals surface area contributed by atoms with Crippen LogP contribution in [0.1, 0.15) is 30.3 Å². The normalized spacial score (nSPS) is 18.0. The third-order valence-corrected chi connectivity index (χ3v) is 4.40. The molecule has 0 aliphatic carbocycles. The van der Waals surface area contributed by atoms with E-state index in [0.717, 1.165) is 36.6 Å². The average Bonchev–Trinajstić information content (AvgIpc) is 2.95. The van der Waals surface area contributed by atoms with Gasteiger partial charge in [-0.3, -0.25) is 4.79 Å². The molecule has 1 amide bonds. The molecule has 0 saturated carbocycles. The molecule has 7 nitrogen and oxygen atoms in total. The number of halogens is 1. The Morgan fingerprint density at radius 2 is 2.22 bits per heavy atom. The first-order valence-corrected chi connectivity index (χ1v) is 7.74. The van der Waals surface area contributed by atoms with Crippen LogP contribution in [0.3, 0.4) is 0 Å². The zero-order chi connectivity index (χ0) is 15.7. The molecule has 23 heavy (non-hydrogen) atoms. The van der Waals surface area contributed by atoms with Gasteiger partial charge in [-0.05, 0) is 32.8 Å².